The molecule has 0 spiro atoms. The highest BCUT2D eigenvalue weighted by atomic mass is 16.7. The molecule has 0 saturated carbocycles. The van der Waals surface area contributed by atoms with Crippen LogP contribution in [-0.2, 0) is 33.3 Å². The highest BCUT2D eigenvalue weighted by Gasteiger charge is 2.25. The molecule has 0 aliphatic carbocycles. The van der Waals surface area contributed by atoms with Crippen LogP contribution in [0, 0.1) is 0 Å². The number of hydrogen-bond acceptors (Lipinski definition) is 7. The molecule has 97 heavy (non-hydrogen) atoms. The van der Waals surface area contributed by atoms with Crippen LogP contribution < -0.4 is 0 Å². The summed E-state index contributed by atoms with van der Waals surface area (Å²) in [6.07, 6.45) is 109. The summed E-state index contributed by atoms with van der Waals surface area (Å²) >= 11 is 0. The topological polar surface area (TPSA) is 108 Å². The van der Waals surface area contributed by atoms with E-state index >= 15 is 0 Å². The minimum absolute atomic E-state index is 0.184. The first-order valence-corrected chi connectivity index (χ1v) is 40.3. The molecule has 0 aromatic carbocycles. The standard InChI is InChI=1S/C88H151NO8/c1-6-8-10-12-14-16-18-20-22-24-26-28-30-32-34-36-38-39-40-41-42-43-44-45-46-47-49-50-52-54-56-58-60-62-64-66-68-70-72-74-76-78-85(90)95-82-84(83-96-88(87(92)93)94-81-80-89(3,4)5)97-86(91)79-77-75-73-71-69-67-65-63-61-59-57-55-53-51-48-37-35-33-31-29-27-25-23-21-19-17-15-13-11-9-7-2/h8-11,14-17,20-23,26-29,32-35,48,51,84,88H,6-7,12-13,18-19,24-25,30-31,36-47,49-50,52-83H2,1-5H3/p+1/b10-8-,11-9-,16-14-,17-15-,22-20-,23-21-,28-26-,29-27-,34-32-,35-33-,51-48-. The molecule has 0 fully saturated rings. The molecule has 0 saturated heterocycles. The van der Waals surface area contributed by atoms with Crippen molar-refractivity contribution in [3.63, 3.8) is 0 Å². The first-order chi connectivity index (χ1) is 47.6. The number of hydrogen-bond donors (Lipinski definition) is 1. The SMILES string of the molecule is CC/C=C\C/C=C\C/C=C\C/C=C\C/C=C\C/C=C\CCCCCCCCCCCCCCC(=O)OC(COC(=O)CCCCCCCCCCCCCCCCCCCCCCCCCCC/C=C\C/C=C\C/C=C\C/C=C\C/C=C\CC)COC(OCC[N+](C)(C)C)C(=O)O. The monoisotopic (exact) mass is 1350 g/mol. The molecule has 2 atom stereocenters. The normalized spacial score (nSPS) is 13.4. The van der Waals surface area contributed by atoms with E-state index in [1.165, 1.54) is 205 Å². The van der Waals surface area contributed by atoms with Gasteiger partial charge >= 0.3 is 17.9 Å². The Kier molecular flexibility index (Phi) is 73.5. The van der Waals surface area contributed by atoms with Crippen molar-refractivity contribution in [1.29, 1.82) is 0 Å². The Morgan fingerprint density at radius 1 is 0.309 bits per heavy atom. The second-order valence-corrected chi connectivity index (χ2v) is 28.0. The Morgan fingerprint density at radius 2 is 0.557 bits per heavy atom. The molecule has 9 nitrogen and oxygen atoms in total. The molecule has 0 amide bonds. The van der Waals surface area contributed by atoms with Crippen molar-refractivity contribution < 1.29 is 42.9 Å². The molecule has 556 valence electrons. The number of carboxylic acids is 1. The van der Waals surface area contributed by atoms with Crippen molar-refractivity contribution in [3.05, 3.63) is 134 Å². The minimum atomic E-state index is -1.52. The third kappa shape index (κ3) is 78.6. The number of unbranched alkanes of at least 4 members (excludes halogenated alkanes) is 37. The van der Waals surface area contributed by atoms with Gasteiger partial charge in [0.15, 0.2) is 6.10 Å². The first-order valence-electron chi connectivity index (χ1n) is 40.3. The van der Waals surface area contributed by atoms with Crippen LogP contribution in [0.1, 0.15) is 348 Å². The molecule has 9 heteroatoms. The van der Waals surface area contributed by atoms with Crippen LogP contribution in [0.15, 0.2) is 134 Å². The van der Waals surface area contributed by atoms with E-state index in [2.05, 4.69) is 148 Å². The summed E-state index contributed by atoms with van der Waals surface area (Å²) in [5.74, 6) is -2.00. The average molecular weight is 1350 g/mol. The van der Waals surface area contributed by atoms with Crippen LogP contribution in [-0.4, -0.2) is 87.4 Å². The quantitative estimate of drug-likeness (QED) is 0.0211. The van der Waals surface area contributed by atoms with Crippen molar-refractivity contribution in [2.75, 3.05) is 47.5 Å². The van der Waals surface area contributed by atoms with Crippen LogP contribution >= 0.6 is 0 Å². The van der Waals surface area contributed by atoms with Gasteiger partial charge in [0.1, 0.15) is 13.2 Å². The summed E-state index contributed by atoms with van der Waals surface area (Å²) in [5.41, 5.74) is 0. The van der Waals surface area contributed by atoms with Crippen molar-refractivity contribution in [2.24, 2.45) is 0 Å². The largest absolute Gasteiger partial charge is 0.477 e. The van der Waals surface area contributed by atoms with Gasteiger partial charge in [-0.05, 0) is 109 Å². The Balaban J connectivity index is 3.99. The zero-order valence-corrected chi connectivity index (χ0v) is 63.7. The molecular formula is C88H152NO8+. The van der Waals surface area contributed by atoms with Gasteiger partial charge in [-0.3, -0.25) is 9.59 Å². The van der Waals surface area contributed by atoms with E-state index < -0.39 is 24.3 Å². The summed E-state index contributed by atoms with van der Waals surface area (Å²) < 4.78 is 23.0. The molecule has 0 rings (SSSR count). The van der Waals surface area contributed by atoms with E-state index in [1.807, 2.05) is 21.1 Å². The molecule has 2 unspecified atom stereocenters. The fraction of sp³-hybridized carbons (Fsp3) is 0.716. The van der Waals surface area contributed by atoms with Gasteiger partial charge in [0.2, 0.25) is 0 Å². The van der Waals surface area contributed by atoms with Gasteiger partial charge in [-0.2, -0.15) is 0 Å². The number of carbonyl (C=O) groups excluding carboxylic acids is 2. The van der Waals surface area contributed by atoms with Gasteiger partial charge in [-0.25, -0.2) is 4.79 Å². The molecule has 0 aromatic rings. The Morgan fingerprint density at radius 3 is 0.825 bits per heavy atom. The van der Waals surface area contributed by atoms with E-state index in [0.717, 1.165) is 109 Å². The molecule has 0 radical (unpaired) electrons. The maximum atomic E-state index is 13.0. The fourth-order valence-electron chi connectivity index (χ4n) is 11.3. The summed E-state index contributed by atoms with van der Waals surface area (Å²) in [7, 11) is 5.99. The van der Waals surface area contributed by atoms with Crippen LogP contribution in [0.3, 0.4) is 0 Å². The molecule has 0 aliphatic rings. The summed E-state index contributed by atoms with van der Waals surface area (Å²) in [6.45, 7) is 4.68. The Bertz CT molecular complexity index is 2060. The number of nitrogens with zero attached hydrogens (tertiary/aromatic N) is 1. The molecule has 1 N–H and O–H groups in total. The van der Waals surface area contributed by atoms with Crippen LogP contribution in [0.4, 0.5) is 0 Å². The van der Waals surface area contributed by atoms with E-state index in [0.29, 0.717) is 23.9 Å². The van der Waals surface area contributed by atoms with Crippen molar-refractivity contribution in [1.82, 2.24) is 0 Å². The maximum absolute atomic E-state index is 13.0. The predicted molar refractivity (Wildman–Crippen MR) is 419 cm³/mol. The van der Waals surface area contributed by atoms with E-state index in [4.69, 9.17) is 18.9 Å². The van der Waals surface area contributed by atoms with Crippen LogP contribution in [0.5, 0.6) is 0 Å². The van der Waals surface area contributed by atoms with Crippen molar-refractivity contribution in [2.45, 2.75) is 360 Å². The van der Waals surface area contributed by atoms with E-state index in [9.17, 15) is 19.5 Å². The maximum Gasteiger partial charge on any atom is 0.361 e. The van der Waals surface area contributed by atoms with Gasteiger partial charge in [-0.15, -0.1) is 0 Å². The number of allylic oxidation sites excluding steroid dienone is 22. The molecule has 0 aromatic heterocycles. The number of likely N-dealkylation sites (N-methyl/N-ethyl adjacent to an activating group) is 1. The van der Waals surface area contributed by atoms with Gasteiger partial charge in [0.25, 0.3) is 6.29 Å². The minimum Gasteiger partial charge on any atom is -0.477 e. The highest BCUT2D eigenvalue weighted by Crippen LogP contribution is 2.19. The van der Waals surface area contributed by atoms with Gasteiger partial charge < -0.3 is 28.5 Å². The predicted octanol–water partition coefficient (Wildman–Crippen LogP) is 26.0. The number of esters is 2. The van der Waals surface area contributed by atoms with Crippen LogP contribution in [0.2, 0.25) is 0 Å². The van der Waals surface area contributed by atoms with Crippen molar-refractivity contribution >= 4 is 17.9 Å². The van der Waals surface area contributed by atoms with Gasteiger partial charge in [0, 0.05) is 12.8 Å². The first kappa shape index (κ1) is 92.4. The molecule has 0 aliphatic heterocycles. The lowest BCUT2D eigenvalue weighted by molar-refractivity contribution is -0.870. The lowest BCUT2D eigenvalue weighted by Crippen LogP contribution is -2.40. The lowest BCUT2D eigenvalue weighted by Gasteiger charge is -2.25. The third-order valence-corrected chi connectivity index (χ3v) is 17.4. The number of quaternary nitrogens is 1. The zero-order chi connectivity index (χ0) is 70.4. The second kappa shape index (κ2) is 77.2. The van der Waals surface area contributed by atoms with Gasteiger partial charge in [-0.1, -0.05) is 359 Å². The van der Waals surface area contributed by atoms with Crippen molar-refractivity contribution in [3.8, 4) is 0 Å². The number of carbonyl (C=O) groups is 3. The molecular weight excluding hydrogens is 1200 g/mol. The summed E-state index contributed by atoms with van der Waals surface area (Å²) in [6, 6.07) is 0. The average Bonchev–Trinajstić information content (AvgIpc) is 2.39. The number of ether oxygens (including phenoxy) is 4. The lowest BCUT2D eigenvalue weighted by atomic mass is 10.0. The Labute approximate surface area is 599 Å². The summed E-state index contributed by atoms with van der Waals surface area (Å²) in [4.78, 5) is 37.8. The second-order valence-electron chi connectivity index (χ2n) is 28.0. The van der Waals surface area contributed by atoms with E-state index in [1.54, 1.807) is 0 Å². The highest BCUT2D eigenvalue weighted by molar-refractivity contribution is 5.71. The number of rotatable bonds is 74. The number of carboxylic acid groups (broad SMARTS) is 1. The smallest absolute Gasteiger partial charge is 0.361 e. The van der Waals surface area contributed by atoms with Gasteiger partial charge in [0.05, 0.1) is 34.4 Å². The van der Waals surface area contributed by atoms with E-state index in [-0.39, 0.29) is 32.2 Å². The fourth-order valence-corrected chi connectivity index (χ4v) is 11.3. The van der Waals surface area contributed by atoms with Crippen LogP contribution in [0.25, 0.3) is 0 Å². The number of aliphatic carboxylic acids is 1. The summed E-state index contributed by atoms with van der Waals surface area (Å²) in [5, 5.41) is 9.78. The third-order valence-electron chi connectivity index (χ3n) is 17.4. The zero-order valence-electron chi connectivity index (χ0n) is 63.7. The molecule has 0 bridgehead atoms. The Hall–Kier alpha value is -4.57. The molecule has 0 heterocycles.